The summed E-state index contributed by atoms with van der Waals surface area (Å²) in [4.78, 5) is 10.9. The zero-order chi connectivity index (χ0) is 15.3. The number of aryl methyl sites for hydroxylation is 1. The predicted octanol–water partition coefficient (Wildman–Crippen LogP) is 3.41. The lowest BCUT2D eigenvalue weighted by atomic mass is 10.1. The van der Waals surface area contributed by atoms with Gasteiger partial charge in [0.1, 0.15) is 5.75 Å². The van der Waals surface area contributed by atoms with Gasteiger partial charge in [0, 0.05) is 6.42 Å². The monoisotopic (exact) mass is 298 g/mol. The molecule has 0 heterocycles. The molecule has 20 heavy (non-hydrogen) atoms. The van der Waals surface area contributed by atoms with Gasteiger partial charge in [0.25, 0.3) is 0 Å². The third-order valence-electron chi connectivity index (χ3n) is 2.41. The molecule has 1 aromatic carbocycles. The average molecular weight is 298 g/mol. The molecule has 0 N–H and O–H groups in total. The van der Waals surface area contributed by atoms with Gasteiger partial charge in [0.05, 0.1) is 12.7 Å². The maximum absolute atomic E-state index is 12.6. The lowest BCUT2D eigenvalue weighted by molar-refractivity contribution is -0.142. The fraction of sp³-hybridized carbons (Fsp3) is 0.417. The molecule has 8 heteroatoms. The second-order valence-corrected chi connectivity index (χ2v) is 3.78. The Bertz CT molecular complexity index is 471. The molecule has 0 fully saturated rings. The van der Waals surface area contributed by atoms with Gasteiger partial charge in [-0.15, -0.1) is 0 Å². The standard InChI is InChI=1S/C12H11F5O3/c1-19-10(18)5-3-7-2-4-8(12(15,16)17)9(6-7)20-11(13)14/h2,4,6,11H,3,5H2,1H3. The maximum Gasteiger partial charge on any atom is 0.419 e. The topological polar surface area (TPSA) is 35.5 Å². The third-order valence-corrected chi connectivity index (χ3v) is 2.41. The van der Waals surface area contributed by atoms with Crippen molar-refractivity contribution < 1.29 is 36.2 Å². The first kappa shape index (κ1) is 16.2. The lowest BCUT2D eigenvalue weighted by Crippen LogP contribution is -2.12. The Morgan fingerprint density at radius 1 is 1.30 bits per heavy atom. The van der Waals surface area contributed by atoms with Crippen LogP contribution < -0.4 is 4.74 Å². The molecule has 0 radical (unpaired) electrons. The van der Waals surface area contributed by atoms with Crippen LogP contribution in [-0.4, -0.2) is 19.7 Å². The molecule has 0 bridgehead atoms. The molecule has 0 atom stereocenters. The first-order valence-electron chi connectivity index (χ1n) is 5.45. The van der Waals surface area contributed by atoms with Crippen molar-refractivity contribution in [2.75, 3.05) is 7.11 Å². The molecular formula is C12H11F5O3. The van der Waals surface area contributed by atoms with Crippen LogP contribution in [0.25, 0.3) is 0 Å². The number of esters is 1. The summed E-state index contributed by atoms with van der Waals surface area (Å²) >= 11 is 0. The van der Waals surface area contributed by atoms with Gasteiger partial charge in [-0.3, -0.25) is 4.79 Å². The normalized spacial score (nSPS) is 11.6. The smallest absolute Gasteiger partial charge is 0.419 e. The van der Waals surface area contributed by atoms with E-state index < -0.39 is 30.1 Å². The van der Waals surface area contributed by atoms with E-state index in [0.717, 1.165) is 12.1 Å². The largest absolute Gasteiger partial charge is 0.469 e. The molecule has 0 saturated heterocycles. The minimum absolute atomic E-state index is 0.0599. The van der Waals surface area contributed by atoms with Gasteiger partial charge in [-0.05, 0) is 24.1 Å². The van der Waals surface area contributed by atoms with Crippen molar-refractivity contribution in [2.24, 2.45) is 0 Å². The molecule has 112 valence electrons. The van der Waals surface area contributed by atoms with E-state index in [9.17, 15) is 26.7 Å². The van der Waals surface area contributed by atoms with Gasteiger partial charge in [-0.1, -0.05) is 6.07 Å². The highest BCUT2D eigenvalue weighted by molar-refractivity contribution is 5.69. The molecular weight excluding hydrogens is 287 g/mol. The van der Waals surface area contributed by atoms with Crippen LogP contribution in [0.4, 0.5) is 22.0 Å². The Hall–Kier alpha value is -1.86. The van der Waals surface area contributed by atoms with Crippen molar-refractivity contribution in [3.05, 3.63) is 29.3 Å². The van der Waals surface area contributed by atoms with Crippen LogP contribution in [0.3, 0.4) is 0 Å². The number of ether oxygens (including phenoxy) is 2. The van der Waals surface area contributed by atoms with E-state index in [4.69, 9.17) is 0 Å². The minimum atomic E-state index is -4.80. The molecule has 0 aliphatic carbocycles. The maximum atomic E-state index is 12.6. The van der Waals surface area contributed by atoms with Gasteiger partial charge < -0.3 is 9.47 Å². The molecule has 1 rings (SSSR count). The quantitative estimate of drug-likeness (QED) is 0.617. The van der Waals surface area contributed by atoms with Gasteiger partial charge in [0.15, 0.2) is 0 Å². The third kappa shape index (κ3) is 4.67. The summed E-state index contributed by atoms with van der Waals surface area (Å²) in [5, 5.41) is 0. The number of carbonyl (C=O) groups is 1. The summed E-state index contributed by atoms with van der Waals surface area (Å²) in [5.41, 5.74) is -1.03. The van der Waals surface area contributed by atoms with Gasteiger partial charge in [-0.2, -0.15) is 22.0 Å². The van der Waals surface area contributed by atoms with Crippen LogP contribution in [-0.2, 0) is 22.1 Å². The van der Waals surface area contributed by atoms with E-state index in [-0.39, 0.29) is 18.4 Å². The highest BCUT2D eigenvalue weighted by atomic mass is 19.4. The number of hydrogen-bond acceptors (Lipinski definition) is 3. The zero-order valence-corrected chi connectivity index (χ0v) is 10.3. The second-order valence-electron chi connectivity index (χ2n) is 3.78. The van der Waals surface area contributed by atoms with Crippen molar-refractivity contribution in [2.45, 2.75) is 25.6 Å². The van der Waals surface area contributed by atoms with E-state index in [1.54, 1.807) is 0 Å². The summed E-state index contributed by atoms with van der Waals surface area (Å²) < 4.78 is 70.3. The van der Waals surface area contributed by atoms with E-state index in [0.29, 0.717) is 6.07 Å². The average Bonchev–Trinajstić information content (AvgIpc) is 2.33. The highest BCUT2D eigenvalue weighted by Crippen LogP contribution is 2.37. The van der Waals surface area contributed by atoms with Crippen LogP contribution in [0.2, 0.25) is 0 Å². The van der Waals surface area contributed by atoms with Crippen molar-refractivity contribution in [1.29, 1.82) is 0 Å². The van der Waals surface area contributed by atoms with E-state index in [1.165, 1.54) is 7.11 Å². The molecule has 3 nitrogen and oxygen atoms in total. The van der Waals surface area contributed by atoms with Gasteiger partial charge in [-0.25, -0.2) is 0 Å². The Labute approximate surface area is 111 Å². The number of rotatable bonds is 5. The molecule has 0 spiro atoms. The molecule has 0 saturated carbocycles. The first-order chi connectivity index (χ1) is 9.24. The Morgan fingerprint density at radius 3 is 2.45 bits per heavy atom. The van der Waals surface area contributed by atoms with Crippen LogP contribution in [0.15, 0.2) is 18.2 Å². The number of halogens is 5. The molecule has 0 unspecified atom stereocenters. The molecule has 1 aromatic rings. The van der Waals surface area contributed by atoms with Crippen LogP contribution in [0, 0.1) is 0 Å². The summed E-state index contributed by atoms with van der Waals surface area (Å²) in [5.74, 6) is -1.52. The fourth-order valence-electron chi connectivity index (χ4n) is 1.50. The Morgan fingerprint density at radius 2 is 1.95 bits per heavy atom. The van der Waals surface area contributed by atoms with Crippen molar-refractivity contribution in [3.8, 4) is 5.75 Å². The van der Waals surface area contributed by atoms with Crippen molar-refractivity contribution >= 4 is 5.97 Å². The lowest BCUT2D eigenvalue weighted by Gasteiger charge is -2.14. The van der Waals surface area contributed by atoms with Crippen LogP contribution in [0.1, 0.15) is 17.5 Å². The zero-order valence-electron chi connectivity index (χ0n) is 10.3. The number of alkyl halides is 5. The SMILES string of the molecule is COC(=O)CCc1ccc(C(F)(F)F)c(OC(F)F)c1. The summed E-state index contributed by atoms with van der Waals surface area (Å²) in [6, 6.07) is 2.59. The molecule has 0 aliphatic heterocycles. The van der Waals surface area contributed by atoms with Crippen molar-refractivity contribution in [3.63, 3.8) is 0 Å². The van der Waals surface area contributed by atoms with Gasteiger partial charge >= 0.3 is 18.8 Å². The molecule has 0 amide bonds. The fourth-order valence-corrected chi connectivity index (χ4v) is 1.50. The second kappa shape index (κ2) is 6.53. The number of methoxy groups -OCH3 is 1. The predicted molar refractivity (Wildman–Crippen MR) is 58.4 cm³/mol. The van der Waals surface area contributed by atoms with E-state index >= 15 is 0 Å². The number of benzene rings is 1. The van der Waals surface area contributed by atoms with Crippen LogP contribution in [0.5, 0.6) is 5.75 Å². The Balaban J connectivity index is 2.98. The van der Waals surface area contributed by atoms with Crippen LogP contribution >= 0.6 is 0 Å². The highest BCUT2D eigenvalue weighted by Gasteiger charge is 2.35. The van der Waals surface area contributed by atoms with E-state index in [1.807, 2.05) is 0 Å². The minimum Gasteiger partial charge on any atom is -0.469 e. The van der Waals surface area contributed by atoms with Gasteiger partial charge in [0.2, 0.25) is 0 Å². The number of carbonyl (C=O) groups excluding carboxylic acids is 1. The Kier molecular flexibility index (Phi) is 5.29. The number of hydrogen-bond donors (Lipinski definition) is 0. The summed E-state index contributed by atoms with van der Waals surface area (Å²) in [7, 11) is 1.17. The first-order valence-corrected chi connectivity index (χ1v) is 5.45. The van der Waals surface area contributed by atoms with Crippen molar-refractivity contribution in [1.82, 2.24) is 0 Å². The molecule has 0 aromatic heterocycles. The van der Waals surface area contributed by atoms with E-state index in [2.05, 4.69) is 9.47 Å². The molecule has 0 aliphatic rings. The summed E-state index contributed by atoms with van der Waals surface area (Å²) in [6.07, 6.45) is -4.81. The summed E-state index contributed by atoms with van der Waals surface area (Å²) in [6.45, 7) is -3.37.